The van der Waals surface area contributed by atoms with Crippen LogP contribution in [0.25, 0.3) is 0 Å². The number of aromatic hydroxyl groups is 1. The van der Waals surface area contributed by atoms with Crippen LogP contribution in [0.2, 0.25) is 0 Å². The van der Waals surface area contributed by atoms with Crippen LogP contribution in [0.3, 0.4) is 0 Å². The number of hydrazone groups is 1. The van der Waals surface area contributed by atoms with Crippen molar-refractivity contribution in [1.82, 2.24) is 5.43 Å². The molecule has 2 aromatic rings. The highest BCUT2D eigenvalue weighted by atomic mass is 79.9. The van der Waals surface area contributed by atoms with Crippen molar-refractivity contribution in [2.45, 2.75) is 6.92 Å². The third kappa shape index (κ3) is 3.49. The Labute approximate surface area is 131 Å². The molecule has 0 atom stereocenters. The zero-order chi connectivity index (χ0) is 14.7. The Morgan fingerprint density at radius 1 is 1.35 bits per heavy atom. The first-order chi connectivity index (χ1) is 9.47. The molecule has 1 aromatic heterocycles. The summed E-state index contributed by atoms with van der Waals surface area (Å²) in [6.07, 6.45) is 1.46. The van der Waals surface area contributed by atoms with Gasteiger partial charge in [0.1, 0.15) is 11.5 Å². The number of hydrogen-bond acceptors (Lipinski definition) is 4. The van der Waals surface area contributed by atoms with E-state index in [4.69, 9.17) is 4.42 Å². The maximum absolute atomic E-state index is 11.7. The molecule has 0 radical (unpaired) electrons. The number of phenols is 1. The average Bonchev–Trinajstić information content (AvgIpc) is 2.82. The van der Waals surface area contributed by atoms with E-state index in [0.29, 0.717) is 20.3 Å². The Balaban J connectivity index is 2.05. The van der Waals surface area contributed by atoms with E-state index < -0.39 is 5.91 Å². The van der Waals surface area contributed by atoms with E-state index in [1.807, 2.05) is 0 Å². The van der Waals surface area contributed by atoms with Crippen LogP contribution in [0.1, 0.15) is 21.9 Å². The number of halogens is 2. The highest BCUT2D eigenvalue weighted by Crippen LogP contribution is 2.32. The molecule has 20 heavy (non-hydrogen) atoms. The van der Waals surface area contributed by atoms with Crippen molar-refractivity contribution in [3.8, 4) is 5.75 Å². The smallest absolute Gasteiger partial charge is 0.307 e. The largest absolute Gasteiger partial charge is 0.506 e. The second-order valence-corrected chi connectivity index (χ2v) is 5.65. The summed E-state index contributed by atoms with van der Waals surface area (Å²) in [5.41, 5.74) is 3.06. The van der Waals surface area contributed by atoms with E-state index in [0.717, 1.165) is 0 Å². The molecule has 1 aromatic carbocycles. The van der Waals surface area contributed by atoms with E-state index >= 15 is 0 Å². The quantitative estimate of drug-likeness (QED) is 0.609. The maximum Gasteiger partial charge on any atom is 0.307 e. The second kappa shape index (κ2) is 6.23. The van der Waals surface area contributed by atoms with Crippen molar-refractivity contribution in [1.29, 1.82) is 0 Å². The molecule has 0 spiro atoms. The molecule has 104 valence electrons. The summed E-state index contributed by atoms with van der Waals surface area (Å²) in [7, 11) is 0. The van der Waals surface area contributed by atoms with Crippen LogP contribution >= 0.6 is 31.9 Å². The first kappa shape index (κ1) is 14.8. The third-order valence-corrected chi connectivity index (χ3v) is 3.59. The lowest BCUT2D eigenvalue weighted by molar-refractivity contribution is 0.0926. The number of hydrogen-bond donors (Lipinski definition) is 2. The van der Waals surface area contributed by atoms with Gasteiger partial charge in [0.2, 0.25) is 0 Å². The number of amides is 1. The van der Waals surface area contributed by atoms with Gasteiger partial charge in [0.15, 0.2) is 5.76 Å². The van der Waals surface area contributed by atoms with Crippen LogP contribution in [-0.4, -0.2) is 17.2 Å². The molecule has 1 amide bonds. The minimum atomic E-state index is -0.425. The summed E-state index contributed by atoms with van der Waals surface area (Å²) in [5, 5.41) is 13.4. The van der Waals surface area contributed by atoms with Gasteiger partial charge >= 0.3 is 5.91 Å². The number of rotatable bonds is 3. The molecule has 0 fully saturated rings. The van der Waals surface area contributed by atoms with Gasteiger partial charge in [-0.25, -0.2) is 5.43 Å². The summed E-state index contributed by atoms with van der Waals surface area (Å²) in [6.45, 7) is 1.76. The highest BCUT2D eigenvalue weighted by molar-refractivity contribution is 9.11. The Morgan fingerprint density at radius 3 is 2.55 bits per heavy atom. The number of aryl methyl sites for hydroxylation is 1. The molecule has 0 bridgehead atoms. The molecule has 0 unspecified atom stereocenters. The minimum absolute atomic E-state index is 0.109. The Bertz CT molecular complexity index is 657. The predicted molar refractivity (Wildman–Crippen MR) is 82.0 cm³/mol. The molecule has 2 rings (SSSR count). The summed E-state index contributed by atoms with van der Waals surface area (Å²) >= 11 is 6.43. The van der Waals surface area contributed by atoms with Crippen LogP contribution in [0.15, 0.2) is 42.7 Å². The summed E-state index contributed by atoms with van der Waals surface area (Å²) in [4.78, 5) is 11.7. The van der Waals surface area contributed by atoms with Crippen LogP contribution < -0.4 is 5.43 Å². The zero-order valence-corrected chi connectivity index (χ0v) is 13.5. The fourth-order valence-electron chi connectivity index (χ4n) is 1.44. The van der Waals surface area contributed by atoms with Gasteiger partial charge in [-0.2, -0.15) is 5.10 Å². The van der Waals surface area contributed by atoms with Crippen molar-refractivity contribution in [3.63, 3.8) is 0 Å². The maximum atomic E-state index is 11.7. The summed E-state index contributed by atoms with van der Waals surface area (Å²) < 4.78 is 6.23. The SMILES string of the molecule is Cc1ccc(C(=O)N/N=C\c2cc(Br)c(O)c(Br)c2)o1. The first-order valence-corrected chi connectivity index (χ1v) is 7.14. The molecule has 1 heterocycles. The molecule has 0 aliphatic rings. The fraction of sp³-hybridized carbons (Fsp3) is 0.0769. The molecule has 2 N–H and O–H groups in total. The Morgan fingerprint density at radius 2 is 2.00 bits per heavy atom. The van der Waals surface area contributed by atoms with Gasteiger partial charge in [-0.05, 0) is 68.6 Å². The molecule has 0 saturated heterocycles. The molecule has 7 heteroatoms. The van der Waals surface area contributed by atoms with Crippen molar-refractivity contribution < 1.29 is 14.3 Å². The van der Waals surface area contributed by atoms with E-state index in [9.17, 15) is 9.90 Å². The van der Waals surface area contributed by atoms with Gasteiger partial charge in [0, 0.05) is 0 Å². The van der Waals surface area contributed by atoms with Gasteiger partial charge in [-0.15, -0.1) is 0 Å². The number of benzene rings is 1. The van der Waals surface area contributed by atoms with Crippen LogP contribution in [-0.2, 0) is 0 Å². The molecular formula is C13H10Br2N2O3. The number of phenolic OH excluding ortho intramolecular Hbond substituents is 1. The van der Waals surface area contributed by atoms with Gasteiger partial charge in [0.25, 0.3) is 0 Å². The minimum Gasteiger partial charge on any atom is -0.506 e. The van der Waals surface area contributed by atoms with Crippen molar-refractivity contribution in [2.24, 2.45) is 5.10 Å². The van der Waals surface area contributed by atoms with Crippen LogP contribution in [0, 0.1) is 6.92 Å². The molecule has 0 aliphatic carbocycles. The molecule has 5 nitrogen and oxygen atoms in total. The number of nitrogens with zero attached hydrogens (tertiary/aromatic N) is 1. The lowest BCUT2D eigenvalue weighted by Gasteiger charge is -2.02. The van der Waals surface area contributed by atoms with E-state index in [1.165, 1.54) is 6.21 Å². The topological polar surface area (TPSA) is 74.8 Å². The lowest BCUT2D eigenvalue weighted by Crippen LogP contribution is -2.16. The highest BCUT2D eigenvalue weighted by Gasteiger charge is 2.08. The lowest BCUT2D eigenvalue weighted by atomic mass is 10.2. The fourth-order valence-corrected chi connectivity index (χ4v) is 2.66. The summed E-state index contributed by atoms with van der Waals surface area (Å²) in [5.74, 6) is 0.543. The molecule has 0 saturated carbocycles. The normalized spacial score (nSPS) is 10.9. The van der Waals surface area contributed by atoms with Gasteiger partial charge in [-0.3, -0.25) is 4.79 Å². The zero-order valence-electron chi connectivity index (χ0n) is 10.4. The Hall–Kier alpha value is -1.60. The van der Waals surface area contributed by atoms with E-state index in [1.54, 1.807) is 31.2 Å². The number of carbonyl (C=O) groups excluding carboxylic acids is 1. The van der Waals surface area contributed by atoms with Crippen LogP contribution in [0.5, 0.6) is 5.75 Å². The van der Waals surface area contributed by atoms with E-state index in [2.05, 4.69) is 42.4 Å². The predicted octanol–water partition coefficient (Wildman–Crippen LogP) is 3.58. The summed E-state index contributed by atoms with van der Waals surface area (Å²) in [6, 6.07) is 6.63. The third-order valence-electron chi connectivity index (χ3n) is 2.38. The monoisotopic (exact) mass is 400 g/mol. The van der Waals surface area contributed by atoms with Crippen LogP contribution in [0.4, 0.5) is 0 Å². The van der Waals surface area contributed by atoms with Gasteiger partial charge < -0.3 is 9.52 Å². The number of carbonyl (C=O) groups is 1. The average molecular weight is 402 g/mol. The number of furan rings is 1. The van der Waals surface area contributed by atoms with Crippen molar-refractivity contribution >= 4 is 44.0 Å². The van der Waals surface area contributed by atoms with Crippen molar-refractivity contribution in [2.75, 3.05) is 0 Å². The standard InChI is InChI=1S/C13H10Br2N2O3/c1-7-2-3-11(20-7)13(19)17-16-6-8-4-9(14)12(18)10(15)5-8/h2-6,18H,1H3,(H,17,19)/b16-6-. The molecule has 0 aliphatic heterocycles. The second-order valence-electron chi connectivity index (χ2n) is 3.94. The van der Waals surface area contributed by atoms with Gasteiger partial charge in [0.05, 0.1) is 15.2 Å². The van der Waals surface area contributed by atoms with E-state index in [-0.39, 0.29) is 11.5 Å². The van der Waals surface area contributed by atoms with Gasteiger partial charge in [-0.1, -0.05) is 0 Å². The first-order valence-electron chi connectivity index (χ1n) is 5.55. The van der Waals surface area contributed by atoms with Crippen molar-refractivity contribution in [3.05, 3.63) is 50.3 Å². The Kier molecular flexibility index (Phi) is 4.61. The number of nitrogens with one attached hydrogen (secondary N) is 1. The molecular weight excluding hydrogens is 392 g/mol.